The Morgan fingerprint density at radius 1 is 1.20 bits per heavy atom. The second-order valence-corrected chi connectivity index (χ2v) is 4.72. The first kappa shape index (κ1) is 14.0. The molecule has 1 N–H and O–H groups in total. The highest BCUT2D eigenvalue weighted by atomic mass is 79.9. The molecule has 20 heavy (non-hydrogen) atoms. The third kappa shape index (κ3) is 3.12. The first-order chi connectivity index (χ1) is 9.47. The number of hydrogen-bond acceptors (Lipinski definition) is 4. The lowest BCUT2D eigenvalue weighted by Crippen LogP contribution is -2.02. The van der Waals surface area contributed by atoms with Crippen molar-refractivity contribution in [2.45, 2.75) is 0 Å². The van der Waals surface area contributed by atoms with Gasteiger partial charge in [0.2, 0.25) is 0 Å². The first-order valence-corrected chi connectivity index (χ1v) is 6.22. The molecule has 2 aromatic rings. The van der Waals surface area contributed by atoms with E-state index in [2.05, 4.69) is 15.9 Å². The normalized spacial score (nSPS) is 10.1. The Morgan fingerprint density at radius 3 is 2.50 bits per heavy atom. The van der Waals surface area contributed by atoms with Crippen LogP contribution in [-0.2, 0) is 0 Å². The molecular formula is C13H8BrNO5. The minimum absolute atomic E-state index is 0.214. The van der Waals surface area contributed by atoms with E-state index in [0.29, 0.717) is 5.75 Å². The Labute approximate surface area is 121 Å². The lowest BCUT2D eigenvalue weighted by atomic mass is 10.1. The summed E-state index contributed by atoms with van der Waals surface area (Å²) < 4.78 is 6.27. The molecule has 0 heterocycles. The number of rotatable bonds is 4. The number of hydrogen-bond donors (Lipinski definition) is 1. The predicted octanol–water partition coefficient (Wildman–Crippen LogP) is 3.85. The Balaban J connectivity index is 2.36. The van der Waals surface area contributed by atoms with Gasteiger partial charge in [-0.25, -0.2) is 4.79 Å². The van der Waals surface area contributed by atoms with Gasteiger partial charge >= 0.3 is 5.97 Å². The van der Waals surface area contributed by atoms with Crippen molar-refractivity contribution in [2.75, 3.05) is 0 Å². The smallest absolute Gasteiger partial charge is 0.342 e. The molecule has 0 saturated carbocycles. The van der Waals surface area contributed by atoms with Crippen LogP contribution in [0.3, 0.4) is 0 Å². The Bertz CT molecular complexity index is 686. The summed E-state index contributed by atoms with van der Waals surface area (Å²) >= 11 is 3.28. The van der Waals surface area contributed by atoms with Crippen molar-refractivity contribution < 1.29 is 19.6 Å². The molecule has 0 aromatic heterocycles. The van der Waals surface area contributed by atoms with Crippen LogP contribution in [0.15, 0.2) is 46.9 Å². The molecule has 6 nitrogen and oxygen atoms in total. The first-order valence-electron chi connectivity index (χ1n) is 5.42. The van der Waals surface area contributed by atoms with Crippen LogP contribution in [0.25, 0.3) is 0 Å². The minimum Gasteiger partial charge on any atom is -0.477 e. The van der Waals surface area contributed by atoms with Gasteiger partial charge in [0.1, 0.15) is 17.1 Å². The lowest BCUT2D eigenvalue weighted by molar-refractivity contribution is -0.385. The second-order valence-electron chi connectivity index (χ2n) is 3.80. The van der Waals surface area contributed by atoms with Gasteiger partial charge in [0.05, 0.1) is 4.92 Å². The molecule has 2 rings (SSSR count). The molecule has 0 spiro atoms. The summed E-state index contributed by atoms with van der Waals surface area (Å²) in [7, 11) is 0. The zero-order chi connectivity index (χ0) is 14.7. The molecular weight excluding hydrogens is 330 g/mol. The molecule has 0 atom stereocenters. The minimum atomic E-state index is -1.38. The van der Waals surface area contributed by atoms with Crippen LogP contribution in [0.1, 0.15) is 10.4 Å². The molecule has 0 unspecified atom stereocenters. The summed E-state index contributed by atoms with van der Waals surface area (Å²) in [4.78, 5) is 21.0. The average molecular weight is 338 g/mol. The Morgan fingerprint density at radius 2 is 1.90 bits per heavy atom. The largest absolute Gasteiger partial charge is 0.477 e. The van der Waals surface area contributed by atoms with E-state index in [9.17, 15) is 14.9 Å². The fraction of sp³-hybridized carbons (Fsp3) is 0. The maximum atomic E-state index is 11.0. The zero-order valence-corrected chi connectivity index (χ0v) is 11.5. The molecule has 0 fully saturated rings. The predicted molar refractivity (Wildman–Crippen MR) is 74.3 cm³/mol. The summed E-state index contributed by atoms with van der Waals surface area (Å²) in [6, 6.07) is 10.5. The van der Waals surface area contributed by atoms with Gasteiger partial charge in [0.15, 0.2) is 0 Å². The van der Waals surface area contributed by atoms with Crippen molar-refractivity contribution >= 4 is 27.6 Å². The number of benzene rings is 2. The van der Waals surface area contributed by atoms with E-state index in [1.807, 2.05) is 6.07 Å². The number of nitrogens with zero attached hydrogens (tertiary/aromatic N) is 1. The summed E-state index contributed by atoms with van der Waals surface area (Å²) in [6.45, 7) is 0. The highest BCUT2D eigenvalue weighted by Gasteiger charge is 2.20. The van der Waals surface area contributed by atoms with Gasteiger partial charge in [0.25, 0.3) is 5.69 Å². The molecule has 0 amide bonds. The van der Waals surface area contributed by atoms with Gasteiger partial charge < -0.3 is 9.84 Å². The van der Waals surface area contributed by atoms with Crippen LogP contribution >= 0.6 is 15.9 Å². The SMILES string of the molecule is O=C(O)c1cc(Oc2cccc(Br)c2)ccc1[N+](=O)[O-]. The lowest BCUT2D eigenvalue weighted by Gasteiger charge is -2.07. The van der Waals surface area contributed by atoms with Crippen molar-refractivity contribution in [3.8, 4) is 11.5 Å². The summed E-state index contributed by atoms with van der Waals surface area (Å²) in [6.07, 6.45) is 0. The summed E-state index contributed by atoms with van der Waals surface area (Å²) in [5.41, 5.74) is -0.887. The molecule has 7 heteroatoms. The average Bonchev–Trinajstić information content (AvgIpc) is 2.38. The molecule has 0 bridgehead atoms. The Hall–Kier alpha value is -2.41. The van der Waals surface area contributed by atoms with Gasteiger partial charge in [-0.3, -0.25) is 10.1 Å². The van der Waals surface area contributed by atoms with E-state index >= 15 is 0 Å². The maximum Gasteiger partial charge on any atom is 0.342 e. The van der Waals surface area contributed by atoms with E-state index < -0.39 is 22.1 Å². The van der Waals surface area contributed by atoms with Crippen LogP contribution in [0, 0.1) is 10.1 Å². The topological polar surface area (TPSA) is 89.7 Å². The van der Waals surface area contributed by atoms with E-state index in [0.717, 1.165) is 16.6 Å². The molecule has 0 saturated heterocycles. The van der Waals surface area contributed by atoms with Gasteiger partial charge in [-0.2, -0.15) is 0 Å². The zero-order valence-electron chi connectivity index (χ0n) is 9.95. The monoisotopic (exact) mass is 337 g/mol. The number of carbonyl (C=O) groups is 1. The third-order valence-electron chi connectivity index (χ3n) is 2.43. The van der Waals surface area contributed by atoms with Gasteiger partial charge in [-0.1, -0.05) is 22.0 Å². The van der Waals surface area contributed by atoms with E-state index in [4.69, 9.17) is 9.84 Å². The standard InChI is InChI=1S/C13H8BrNO5/c14-8-2-1-3-9(6-8)20-10-4-5-12(15(18)19)11(7-10)13(16)17/h1-7H,(H,16,17). The van der Waals surface area contributed by atoms with Crippen molar-refractivity contribution in [2.24, 2.45) is 0 Å². The fourth-order valence-corrected chi connectivity index (χ4v) is 1.95. The third-order valence-corrected chi connectivity index (χ3v) is 2.92. The number of nitro benzene ring substituents is 1. The highest BCUT2D eigenvalue weighted by molar-refractivity contribution is 9.10. The molecule has 2 aromatic carbocycles. The van der Waals surface area contributed by atoms with Crippen LogP contribution in [0.5, 0.6) is 11.5 Å². The van der Waals surface area contributed by atoms with Gasteiger partial charge in [0, 0.05) is 16.6 Å². The van der Waals surface area contributed by atoms with Gasteiger partial charge in [-0.05, 0) is 24.3 Å². The maximum absolute atomic E-state index is 11.0. The van der Waals surface area contributed by atoms with Crippen molar-refractivity contribution in [3.05, 3.63) is 62.6 Å². The number of halogens is 1. The van der Waals surface area contributed by atoms with Crippen molar-refractivity contribution in [1.29, 1.82) is 0 Å². The van der Waals surface area contributed by atoms with E-state index in [1.54, 1.807) is 18.2 Å². The number of aromatic carboxylic acids is 1. The van der Waals surface area contributed by atoms with E-state index in [1.165, 1.54) is 6.07 Å². The second kappa shape index (κ2) is 5.70. The molecule has 102 valence electrons. The van der Waals surface area contributed by atoms with Crippen LogP contribution in [0.2, 0.25) is 0 Å². The number of carboxylic acid groups (broad SMARTS) is 1. The number of ether oxygens (including phenoxy) is 1. The molecule has 0 aliphatic rings. The quantitative estimate of drug-likeness (QED) is 0.676. The van der Waals surface area contributed by atoms with Crippen LogP contribution in [-0.4, -0.2) is 16.0 Å². The van der Waals surface area contributed by atoms with Crippen molar-refractivity contribution in [3.63, 3.8) is 0 Å². The molecule has 0 aliphatic carbocycles. The van der Waals surface area contributed by atoms with Gasteiger partial charge in [-0.15, -0.1) is 0 Å². The molecule has 0 aliphatic heterocycles. The number of nitro groups is 1. The van der Waals surface area contributed by atoms with Crippen LogP contribution < -0.4 is 4.74 Å². The molecule has 0 radical (unpaired) electrons. The number of carboxylic acids is 1. The Kier molecular flexibility index (Phi) is 3.99. The summed E-state index contributed by atoms with van der Waals surface area (Å²) in [5.74, 6) is -0.674. The van der Waals surface area contributed by atoms with Crippen LogP contribution in [0.4, 0.5) is 5.69 Å². The summed E-state index contributed by atoms with van der Waals surface area (Å²) in [5, 5.41) is 19.7. The fourth-order valence-electron chi connectivity index (χ4n) is 1.58. The van der Waals surface area contributed by atoms with E-state index in [-0.39, 0.29) is 5.75 Å². The van der Waals surface area contributed by atoms with Crippen molar-refractivity contribution in [1.82, 2.24) is 0 Å². The highest BCUT2D eigenvalue weighted by Crippen LogP contribution is 2.28.